The van der Waals surface area contributed by atoms with Gasteiger partial charge in [0.05, 0.1) is 18.1 Å². The minimum Gasteiger partial charge on any atom is -0.392 e. The quantitative estimate of drug-likeness (QED) is 0.896. The largest absolute Gasteiger partial charge is 0.392 e. The van der Waals surface area contributed by atoms with Gasteiger partial charge in [0.15, 0.2) is 0 Å². The summed E-state index contributed by atoms with van der Waals surface area (Å²) >= 11 is 0. The predicted molar refractivity (Wildman–Crippen MR) is 71.3 cm³/mol. The van der Waals surface area contributed by atoms with E-state index in [1.807, 2.05) is 0 Å². The van der Waals surface area contributed by atoms with E-state index in [1.165, 1.54) is 4.31 Å². The molecule has 0 saturated carbocycles. The van der Waals surface area contributed by atoms with Crippen LogP contribution in [0.1, 0.15) is 17.5 Å². The third-order valence-electron chi connectivity index (χ3n) is 3.23. The molecule has 0 atom stereocenters. The van der Waals surface area contributed by atoms with Crippen molar-refractivity contribution in [3.8, 4) is 0 Å². The fourth-order valence-corrected chi connectivity index (χ4v) is 3.86. The van der Waals surface area contributed by atoms with Crippen LogP contribution in [0.3, 0.4) is 0 Å². The Labute approximate surface area is 113 Å². The number of benzene rings is 1. The lowest BCUT2D eigenvalue weighted by Crippen LogP contribution is -2.33. The Morgan fingerprint density at radius 3 is 2.84 bits per heavy atom. The molecule has 1 heterocycles. The van der Waals surface area contributed by atoms with Crippen LogP contribution in [-0.4, -0.2) is 44.1 Å². The minimum atomic E-state index is -3.51. The van der Waals surface area contributed by atoms with Gasteiger partial charge in [-0.05, 0) is 30.5 Å². The van der Waals surface area contributed by atoms with Gasteiger partial charge in [0.2, 0.25) is 10.0 Å². The van der Waals surface area contributed by atoms with Crippen LogP contribution in [0.15, 0.2) is 23.1 Å². The molecule has 1 saturated heterocycles. The van der Waals surface area contributed by atoms with Crippen LogP contribution in [0.4, 0.5) is 0 Å². The molecule has 0 aliphatic carbocycles. The number of hydrogen-bond acceptors (Lipinski definition) is 4. The zero-order chi connectivity index (χ0) is 13.9. The topological polar surface area (TPSA) is 66.8 Å². The van der Waals surface area contributed by atoms with Crippen LogP contribution in [-0.2, 0) is 21.4 Å². The van der Waals surface area contributed by atoms with Gasteiger partial charge in [-0.15, -0.1) is 0 Å². The first-order chi connectivity index (χ1) is 9.05. The van der Waals surface area contributed by atoms with Crippen molar-refractivity contribution < 1.29 is 18.3 Å². The summed E-state index contributed by atoms with van der Waals surface area (Å²) in [4.78, 5) is 0.279. The molecule has 1 aromatic rings. The molecule has 1 aromatic carbocycles. The normalized spacial score (nSPS) is 18.2. The highest BCUT2D eigenvalue weighted by molar-refractivity contribution is 7.89. The summed E-state index contributed by atoms with van der Waals surface area (Å²) < 4.78 is 32.0. The van der Waals surface area contributed by atoms with Crippen LogP contribution in [0.5, 0.6) is 0 Å². The lowest BCUT2D eigenvalue weighted by atomic mass is 10.2. The molecule has 0 aromatic heterocycles. The van der Waals surface area contributed by atoms with E-state index in [1.54, 1.807) is 25.1 Å². The van der Waals surface area contributed by atoms with Gasteiger partial charge in [0, 0.05) is 19.7 Å². The molecule has 19 heavy (non-hydrogen) atoms. The maximum Gasteiger partial charge on any atom is 0.243 e. The third kappa shape index (κ3) is 3.14. The Morgan fingerprint density at radius 1 is 1.32 bits per heavy atom. The van der Waals surface area contributed by atoms with Crippen molar-refractivity contribution >= 4 is 10.0 Å². The SMILES string of the molecule is Cc1ccc(CO)cc1S(=O)(=O)N1CCCOCC1. The summed E-state index contributed by atoms with van der Waals surface area (Å²) in [5.41, 5.74) is 1.30. The van der Waals surface area contributed by atoms with E-state index in [0.717, 1.165) is 0 Å². The number of aryl methyl sites for hydroxylation is 1. The molecule has 0 spiro atoms. The summed E-state index contributed by atoms with van der Waals surface area (Å²) in [6, 6.07) is 5.02. The van der Waals surface area contributed by atoms with Crippen LogP contribution < -0.4 is 0 Å². The van der Waals surface area contributed by atoms with Gasteiger partial charge < -0.3 is 9.84 Å². The first-order valence-corrected chi connectivity index (χ1v) is 7.78. The van der Waals surface area contributed by atoms with E-state index < -0.39 is 10.0 Å². The number of ether oxygens (including phenoxy) is 1. The lowest BCUT2D eigenvalue weighted by Gasteiger charge is -2.20. The summed E-state index contributed by atoms with van der Waals surface area (Å²) in [7, 11) is -3.51. The number of aliphatic hydroxyl groups is 1. The first kappa shape index (κ1) is 14.5. The number of sulfonamides is 1. The standard InChI is InChI=1S/C13H19NO4S/c1-11-3-4-12(10-15)9-13(11)19(16,17)14-5-2-7-18-8-6-14/h3-4,9,15H,2,5-8,10H2,1H3. The maximum absolute atomic E-state index is 12.6. The zero-order valence-corrected chi connectivity index (χ0v) is 11.8. The monoisotopic (exact) mass is 285 g/mol. The van der Waals surface area contributed by atoms with Crippen molar-refractivity contribution in [1.82, 2.24) is 4.31 Å². The zero-order valence-electron chi connectivity index (χ0n) is 11.0. The highest BCUT2D eigenvalue weighted by Gasteiger charge is 2.26. The van der Waals surface area contributed by atoms with Gasteiger partial charge >= 0.3 is 0 Å². The summed E-state index contributed by atoms with van der Waals surface area (Å²) in [6.07, 6.45) is 0.706. The molecule has 5 nitrogen and oxygen atoms in total. The van der Waals surface area contributed by atoms with Crippen molar-refractivity contribution in [3.05, 3.63) is 29.3 Å². The summed E-state index contributed by atoms with van der Waals surface area (Å²) in [5.74, 6) is 0. The molecule has 1 fully saturated rings. The van der Waals surface area contributed by atoms with Gasteiger partial charge in [0.25, 0.3) is 0 Å². The summed E-state index contributed by atoms with van der Waals surface area (Å²) in [6.45, 7) is 3.49. The van der Waals surface area contributed by atoms with Crippen LogP contribution in [0, 0.1) is 6.92 Å². The molecule has 1 aliphatic rings. The average molecular weight is 285 g/mol. The molecule has 2 rings (SSSR count). The predicted octanol–water partition coefficient (Wildman–Crippen LogP) is 0.898. The van der Waals surface area contributed by atoms with Crippen LogP contribution in [0.2, 0.25) is 0 Å². The fraction of sp³-hybridized carbons (Fsp3) is 0.538. The fourth-order valence-electron chi connectivity index (χ4n) is 2.12. The van der Waals surface area contributed by atoms with E-state index in [4.69, 9.17) is 9.84 Å². The Morgan fingerprint density at radius 2 is 2.11 bits per heavy atom. The van der Waals surface area contributed by atoms with Gasteiger partial charge in [-0.1, -0.05) is 12.1 Å². The highest BCUT2D eigenvalue weighted by atomic mass is 32.2. The Hall–Kier alpha value is -0.950. The van der Waals surface area contributed by atoms with Crippen molar-refractivity contribution in [2.45, 2.75) is 24.8 Å². The number of hydrogen-bond donors (Lipinski definition) is 1. The first-order valence-electron chi connectivity index (χ1n) is 6.34. The molecule has 0 bridgehead atoms. The third-order valence-corrected chi connectivity index (χ3v) is 5.27. The average Bonchev–Trinajstić information content (AvgIpc) is 2.68. The minimum absolute atomic E-state index is 0.161. The molecule has 0 unspecified atom stereocenters. The molecular weight excluding hydrogens is 266 g/mol. The smallest absolute Gasteiger partial charge is 0.243 e. The highest BCUT2D eigenvalue weighted by Crippen LogP contribution is 2.22. The number of nitrogens with zero attached hydrogens (tertiary/aromatic N) is 1. The molecule has 6 heteroatoms. The number of aliphatic hydroxyl groups excluding tert-OH is 1. The van der Waals surface area contributed by atoms with Crippen LogP contribution >= 0.6 is 0 Å². The molecule has 106 valence electrons. The molecule has 0 amide bonds. The second-order valence-electron chi connectivity index (χ2n) is 4.63. The van der Waals surface area contributed by atoms with Gasteiger partial charge in [-0.3, -0.25) is 0 Å². The van der Waals surface area contributed by atoms with E-state index in [9.17, 15) is 8.42 Å². The Kier molecular flexibility index (Phi) is 4.57. The Bertz CT molecular complexity index is 534. The summed E-state index contributed by atoms with van der Waals surface area (Å²) in [5, 5.41) is 9.15. The van der Waals surface area contributed by atoms with Crippen LogP contribution in [0.25, 0.3) is 0 Å². The van der Waals surface area contributed by atoms with Crippen molar-refractivity contribution in [3.63, 3.8) is 0 Å². The number of rotatable bonds is 3. The van der Waals surface area contributed by atoms with E-state index >= 15 is 0 Å². The van der Waals surface area contributed by atoms with E-state index in [-0.39, 0.29) is 11.5 Å². The second-order valence-corrected chi connectivity index (χ2v) is 6.53. The van der Waals surface area contributed by atoms with Crippen molar-refractivity contribution in [2.24, 2.45) is 0 Å². The van der Waals surface area contributed by atoms with Crippen molar-refractivity contribution in [1.29, 1.82) is 0 Å². The van der Waals surface area contributed by atoms with Crippen molar-refractivity contribution in [2.75, 3.05) is 26.3 Å². The Balaban J connectivity index is 2.37. The molecule has 1 N–H and O–H groups in total. The lowest BCUT2D eigenvalue weighted by molar-refractivity contribution is 0.148. The van der Waals surface area contributed by atoms with E-state index in [0.29, 0.717) is 43.9 Å². The van der Waals surface area contributed by atoms with E-state index in [2.05, 4.69) is 0 Å². The second kappa shape index (κ2) is 6.00. The van der Waals surface area contributed by atoms with Gasteiger partial charge in [-0.2, -0.15) is 4.31 Å². The maximum atomic E-state index is 12.6. The van der Waals surface area contributed by atoms with Gasteiger partial charge in [0.1, 0.15) is 0 Å². The molecule has 1 aliphatic heterocycles. The molecular formula is C13H19NO4S. The molecule has 0 radical (unpaired) electrons. The van der Waals surface area contributed by atoms with Gasteiger partial charge in [-0.25, -0.2) is 8.42 Å².